The van der Waals surface area contributed by atoms with Gasteiger partial charge in [0.1, 0.15) is 0 Å². The highest BCUT2D eigenvalue weighted by molar-refractivity contribution is 7.22. The first-order valence-electron chi connectivity index (χ1n) is 9.57. The van der Waals surface area contributed by atoms with Crippen LogP contribution in [0.1, 0.15) is 6.42 Å². The van der Waals surface area contributed by atoms with Crippen molar-refractivity contribution < 1.29 is 9.59 Å². The smallest absolute Gasteiger partial charge is 0.251 e. The summed E-state index contributed by atoms with van der Waals surface area (Å²) in [7, 11) is 0. The summed E-state index contributed by atoms with van der Waals surface area (Å²) in [5.41, 5.74) is 1.56. The largest absolute Gasteiger partial charge is 0.345 e. The number of carbonyl (C=O) groups is 2. The van der Waals surface area contributed by atoms with E-state index in [0.29, 0.717) is 10.7 Å². The van der Waals surface area contributed by atoms with Crippen LogP contribution >= 0.6 is 22.9 Å². The van der Waals surface area contributed by atoms with Crippen LogP contribution in [0.3, 0.4) is 0 Å². The number of carbonyl (C=O) groups excluding carboxylic acids is 2. The minimum atomic E-state index is -0.404. The van der Waals surface area contributed by atoms with Crippen LogP contribution in [0, 0.1) is 0 Å². The van der Waals surface area contributed by atoms with Crippen molar-refractivity contribution in [2.75, 3.05) is 36.0 Å². The molecular formula is C21H19ClN4O2S. The molecule has 3 heterocycles. The SMILES string of the molecule is O=C1C[C@H](N2CCN(c3nc4ccccc4s3)CC2)C(=O)N1c1cccc(Cl)c1. The van der Waals surface area contributed by atoms with Gasteiger partial charge in [-0.2, -0.15) is 0 Å². The molecule has 2 amide bonds. The summed E-state index contributed by atoms with van der Waals surface area (Å²) in [6.07, 6.45) is 0.215. The van der Waals surface area contributed by atoms with Crippen molar-refractivity contribution >= 4 is 55.8 Å². The Labute approximate surface area is 177 Å². The highest BCUT2D eigenvalue weighted by atomic mass is 35.5. The minimum absolute atomic E-state index is 0.161. The van der Waals surface area contributed by atoms with Crippen molar-refractivity contribution in [2.45, 2.75) is 12.5 Å². The Kier molecular flexibility index (Phi) is 4.73. The molecule has 1 atom stereocenters. The van der Waals surface area contributed by atoms with Crippen molar-refractivity contribution in [1.29, 1.82) is 0 Å². The van der Waals surface area contributed by atoms with Crippen molar-refractivity contribution in [2.24, 2.45) is 0 Å². The Hall–Kier alpha value is -2.48. The monoisotopic (exact) mass is 426 g/mol. The molecule has 6 nitrogen and oxygen atoms in total. The maximum absolute atomic E-state index is 13.0. The topological polar surface area (TPSA) is 56.8 Å². The van der Waals surface area contributed by atoms with E-state index in [0.717, 1.165) is 36.8 Å². The number of aromatic nitrogens is 1. The second-order valence-corrected chi connectivity index (χ2v) is 8.70. The molecule has 0 N–H and O–H groups in total. The zero-order valence-electron chi connectivity index (χ0n) is 15.6. The maximum atomic E-state index is 13.0. The fraction of sp³-hybridized carbons (Fsp3) is 0.286. The Balaban J connectivity index is 1.28. The van der Waals surface area contributed by atoms with E-state index < -0.39 is 6.04 Å². The van der Waals surface area contributed by atoms with Gasteiger partial charge in [-0.15, -0.1) is 0 Å². The molecule has 0 aliphatic carbocycles. The standard InChI is InChI=1S/C21H19ClN4O2S/c22-14-4-3-5-15(12-14)26-19(27)13-17(20(26)28)24-8-10-25(11-9-24)21-23-16-6-1-2-7-18(16)29-21/h1-7,12,17H,8-11,13H2/t17-/m0/s1. The minimum Gasteiger partial charge on any atom is -0.345 e. The molecule has 2 aliphatic heterocycles. The summed E-state index contributed by atoms with van der Waals surface area (Å²) in [6.45, 7) is 3.02. The average molecular weight is 427 g/mol. The number of rotatable bonds is 3. The number of hydrogen-bond acceptors (Lipinski definition) is 6. The summed E-state index contributed by atoms with van der Waals surface area (Å²) < 4.78 is 1.18. The Morgan fingerprint density at radius 1 is 1.00 bits per heavy atom. The van der Waals surface area contributed by atoms with E-state index in [1.807, 2.05) is 18.2 Å². The fourth-order valence-electron chi connectivity index (χ4n) is 4.01. The van der Waals surface area contributed by atoms with Crippen LogP contribution in [0.25, 0.3) is 10.2 Å². The summed E-state index contributed by atoms with van der Waals surface area (Å²) in [5.74, 6) is -0.332. The van der Waals surface area contributed by atoms with Crippen LogP contribution in [0.4, 0.5) is 10.8 Å². The molecule has 2 aromatic carbocycles. The number of anilines is 2. The van der Waals surface area contributed by atoms with Gasteiger partial charge in [-0.3, -0.25) is 14.5 Å². The predicted molar refractivity (Wildman–Crippen MR) is 116 cm³/mol. The lowest BCUT2D eigenvalue weighted by molar-refractivity contribution is -0.123. The molecule has 0 saturated carbocycles. The van der Waals surface area contributed by atoms with Crippen LogP contribution < -0.4 is 9.80 Å². The van der Waals surface area contributed by atoms with Gasteiger partial charge in [0.05, 0.1) is 28.4 Å². The first kappa shape index (κ1) is 18.5. The van der Waals surface area contributed by atoms with E-state index in [4.69, 9.17) is 16.6 Å². The van der Waals surface area contributed by atoms with Crippen molar-refractivity contribution in [1.82, 2.24) is 9.88 Å². The zero-order chi connectivity index (χ0) is 20.0. The van der Waals surface area contributed by atoms with Gasteiger partial charge in [-0.05, 0) is 30.3 Å². The summed E-state index contributed by atoms with van der Waals surface area (Å²) in [5, 5.41) is 1.52. The number of halogens is 1. The molecule has 148 valence electrons. The third kappa shape index (κ3) is 3.39. The second-order valence-electron chi connectivity index (χ2n) is 7.25. The fourth-order valence-corrected chi connectivity index (χ4v) is 5.21. The van der Waals surface area contributed by atoms with Crippen LogP contribution in [-0.4, -0.2) is 53.9 Å². The summed E-state index contributed by atoms with van der Waals surface area (Å²) >= 11 is 7.73. The first-order valence-corrected chi connectivity index (χ1v) is 10.8. The van der Waals surface area contributed by atoms with Gasteiger partial charge < -0.3 is 4.90 Å². The second kappa shape index (κ2) is 7.40. The number of imide groups is 1. The van der Waals surface area contributed by atoms with Gasteiger partial charge in [-0.1, -0.05) is 41.1 Å². The highest BCUT2D eigenvalue weighted by Gasteiger charge is 2.43. The Bertz CT molecular complexity index is 1060. The number of nitrogens with zero attached hydrogens (tertiary/aromatic N) is 4. The number of hydrogen-bond donors (Lipinski definition) is 0. The number of piperazine rings is 1. The molecule has 1 aromatic heterocycles. The lowest BCUT2D eigenvalue weighted by Crippen LogP contribution is -2.52. The van der Waals surface area contributed by atoms with Gasteiger partial charge in [0.15, 0.2) is 5.13 Å². The number of para-hydroxylation sites is 1. The van der Waals surface area contributed by atoms with Gasteiger partial charge in [0, 0.05) is 31.2 Å². The molecule has 2 fully saturated rings. The van der Waals surface area contributed by atoms with E-state index in [1.54, 1.807) is 35.6 Å². The summed E-state index contributed by atoms with van der Waals surface area (Å²) in [6, 6.07) is 14.6. The van der Waals surface area contributed by atoms with Crippen LogP contribution in [0.15, 0.2) is 48.5 Å². The molecule has 0 unspecified atom stereocenters. The third-order valence-electron chi connectivity index (χ3n) is 5.50. The maximum Gasteiger partial charge on any atom is 0.251 e. The quantitative estimate of drug-likeness (QED) is 0.601. The number of benzene rings is 2. The van der Waals surface area contributed by atoms with Gasteiger partial charge >= 0.3 is 0 Å². The lowest BCUT2D eigenvalue weighted by Gasteiger charge is -2.36. The van der Waals surface area contributed by atoms with Gasteiger partial charge in [-0.25, -0.2) is 9.88 Å². The van der Waals surface area contributed by atoms with E-state index in [2.05, 4.69) is 15.9 Å². The summed E-state index contributed by atoms with van der Waals surface area (Å²) in [4.78, 5) is 35.9. The van der Waals surface area contributed by atoms with E-state index in [-0.39, 0.29) is 18.2 Å². The van der Waals surface area contributed by atoms with Crippen molar-refractivity contribution in [3.05, 3.63) is 53.6 Å². The predicted octanol–water partition coefficient (Wildman–Crippen LogP) is 3.40. The van der Waals surface area contributed by atoms with Gasteiger partial charge in [0.2, 0.25) is 5.91 Å². The molecular weight excluding hydrogens is 408 g/mol. The van der Waals surface area contributed by atoms with Gasteiger partial charge in [0.25, 0.3) is 5.91 Å². The van der Waals surface area contributed by atoms with E-state index in [9.17, 15) is 9.59 Å². The molecule has 2 saturated heterocycles. The molecule has 0 bridgehead atoms. The van der Waals surface area contributed by atoms with Crippen molar-refractivity contribution in [3.63, 3.8) is 0 Å². The van der Waals surface area contributed by atoms with Crippen LogP contribution in [-0.2, 0) is 9.59 Å². The van der Waals surface area contributed by atoms with Crippen LogP contribution in [0.5, 0.6) is 0 Å². The average Bonchev–Trinajstić information content (AvgIpc) is 3.29. The molecule has 8 heteroatoms. The number of amides is 2. The number of fused-ring (bicyclic) bond motifs is 1. The Morgan fingerprint density at radius 3 is 2.55 bits per heavy atom. The highest BCUT2D eigenvalue weighted by Crippen LogP contribution is 2.31. The molecule has 3 aromatic rings. The molecule has 5 rings (SSSR count). The Morgan fingerprint density at radius 2 is 1.79 bits per heavy atom. The zero-order valence-corrected chi connectivity index (χ0v) is 17.2. The lowest BCUT2D eigenvalue weighted by atomic mass is 10.2. The van der Waals surface area contributed by atoms with E-state index >= 15 is 0 Å². The molecule has 2 aliphatic rings. The van der Waals surface area contributed by atoms with Crippen molar-refractivity contribution in [3.8, 4) is 0 Å². The van der Waals surface area contributed by atoms with Crippen LogP contribution in [0.2, 0.25) is 5.02 Å². The number of thiazole rings is 1. The normalized spacial score (nSPS) is 20.8. The molecule has 0 radical (unpaired) electrons. The first-order chi connectivity index (χ1) is 14.1. The molecule has 0 spiro atoms. The van der Waals surface area contributed by atoms with E-state index in [1.165, 1.54) is 9.60 Å². The molecule has 29 heavy (non-hydrogen) atoms. The third-order valence-corrected chi connectivity index (χ3v) is 6.83.